The molecule has 0 unspecified atom stereocenters. The molecule has 0 aromatic heterocycles. The Morgan fingerprint density at radius 3 is 2.75 bits per heavy atom. The highest BCUT2D eigenvalue weighted by Gasteiger charge is 2.55. The minimum atomic E-state index is -0.651. The number of esters is 1. The van der Waals surface area contributed by atoms with E-state index >= 15 is 0 Å². The van der Waals surface area contributed by atoms with Crippen molar-refractivity contribution in [3.8, 4) is 0 Å². The number of ether oxygens (including phenoxy) is 4. The van der Waals surface area contributed by atoms with Crippen LogP contribution in [0.1, 0.15) is 34.1 Å². The van der Waals surface area contributed by atoms with E-state index in [1.54, 1.807) is 12.3 Å². The first-order chi connectivity index (χ1) is 9.32. The number of rotatable bonds is 2. The van der Waals surface area contributed by atoms with E-state index in [0.717, 1.165) is 0 Å². The lowest BCUT2D eigenvalue weighted by Gasteiger charge is -2.41. The molecule has 5 heteroatoms. The summed E-state index contributed by atoms with van der Waals surface area (Å²) in [5.74, 6) is -0.635. The van der Waals surface area contributed by atoms with Crippen LogP contribution in [0.3, 0.4) is 0 Å². The van der Waals surface area contributed by atoms with Gasteiger partial charge in [-0.2, -0.15) is 0 Å². The first kappa shape index (κ1) is 13.9. The van der Waals surface area contributed by atoms with E-state index in [4.69, 9.17) is 18.9 Å². The Morgan fingerprint density at radius 2 is 2.10 bits per heavy atom. The standard InChI is InChI=1S/C15H22O5/c1-9-11(7-10-8-18-14(2,3)20-10)19-13(16)15(4)5-6-17-12(9)15/h5-6,9-12H,7-8H2,1-4H3/t9-,10+,11-,12+,15+/m1/s1. The molecule has 0 aromatic carbocycles. The van der Waals surface area contributed by atoms with Crippen molar-refractivity contribution in [3.05, 3.63) is 12.3 Å². The Labute approximate surface area is 119 Å². The summed E-state index contributed by atoms with van der Waals surface area (Å²) in [5.41, 5.74) is -0.651. The van der Waals surface area contributed by atoms with E-state index in [0.29, 0.717) is 13.0 Å². The summed E-state index contributed by atoms with van der Waals surface area (Å²) in [6.07, 6.45) is 3.68. The minimum Gasteiger partial charge on any atom is -0.496 e. The fraction of sp³-hybridized carbons (Fsp3) is 0.800. The molecule has 3 aliphatic heterocycles. The van der Waals surface area contributed by atoms with Crippen LogP contribution in [0.4, 0.5) is 0 Å². The van der Waals surface area contributed by atoms with E-state index in [9.17, 15) is 4.79 Å². The van der Waals surface area contributed by atoms with Crippen LogP contribution >= 0.6 is 0 Å². The molecule has 3 rings (SSSR count). The van der Waals surface area contributed by atoms with Crippen molar-refractivity contribution < 1.29 is 23.7 Å². The van der Waals surface area contributed by atoms with Crippen molar-refractivity contribution in [3.63, 3.8) is 0 Å². The summed E-state index contributed by atoms with van der Waals surface area (Å²) in [6.45, 7) is 8.26. The number of cyclic esters (lactones) is 1. The summed E-state index contributed by atoms with van der Waals surface area (Å²) in [7, 11) is 0. The molecule has 2 saturated heterocycles. The van der Waals surface area contributed by atoms with Gasteiger partial charge in [0.2, 0.25) is 0 Å². The van der Waals surface area contributed by atoms with E-state index in [1.807, 2.05) is 20.8 Å². The molecule has 2 fully saturated rings. The van der Waals surface area contributed by atoms with Gasteiger partial charge in [0.05, 0.1) is 19.0 Å². The Balaban J connectivity index is 1.69. The number of fused-ring (bicyclic) bond motifs is 1. The maximum Gasteiger partial charge on any atom is 0.319 e. The summed E-state index contributed by atoms with van der Waals surface area (Å²) in [6, 6.07) is 0. The van der Waals surface area contributed by atoms with E-state index in [2.05, 4.69) is 6.92 Å². The van der Waals surface area contributed by atoms with Crippen LogP contribution in [0.15, 0.2) is 12.3 Å². The molecular formula is C15H22O5. The molecule has 0 radical (unpaired) electrons. The van der Waals surface area contributed by atoms with Crippen molar-refractivity contribution >= 4 is 5.97 Å². The Bertz CT molecular complexity index is 444. The molecule has 0 amide bonds. The summed E-state index contributed by atoms with van der Waals surface area (Å²) >= 11 is 0. The largest absolute Gasteiger partial charge is 0.496 e. The van der Waals surface area contributed by atoms with E-state index in [1.165, 1.54) is 0 Å². The highest BCUT2D eigenvalue weighted by molar-refractivity contribution is 5.81. The van der Waals surface area contributed by atoms with Crippen LogP contribution in [-0.4, -0.2) is 36.7 Å². The monoisotopic (exact) mass is 282 g/mol. The second kappa shape index (κ2) is 4.46. The zero-order valence-electron chi connectivity index (χ0n) is 12.4. The summed E-state index contributed by atoms with van der Waals surface area (Å²) in [5, 5.41) is 0. The van der Waals surface area contributed by atoms with Gasteiger partial charge in [0, 0.05) is 12.3 Å². The van der Waals surface area contributed by atoms with E-state index < -0.39 is 11.2 Å². The van der Waals surface area contributed by atoms with Gasteiger partial charge in [0.25, 0.3) is 0 Å². The first-order valence-corrected chi connectivity index (χ1v) is 7.18. The molecule has 0 saturated carbocycles. The number of hydrogen-bond donors (Lipinski definition) is 0. The van der Waals surface area contributed by atoms with Crippen LogP contribution in [0.2, 0.25) is 0 Å². The normalized spacial score (nSPS) is 45.9. The second-order valence-electron chi connectivity index (χ2n) is 6.63. The third-order valence-corrected chi connectivity index (χ3v) is 4.56. The highest BCUT2D eigenvalue weighted by atomic mass is 16.7. The van der Waals surface area contributed by atoms with Crippen molar-refractivity contribution in [2.45, 2.75) is 58.2 Å². The molecule has 0 aromatic rings. The van der Waals surface area contributed by atoms with Gasteiger partial charge in [0.1, 0.15) is 17.6 Å². The molecule has 0 bridgehead atoms. The average molecular weight is 282 g/mol. The Morgan fingerprint density at radius 1 is 1.35 bits per heavy atom. The van der Waals surface area contributed by atoms with Crippen molar-refractivity contribution in [2.24, 2.45) is 11.3 Å². The lowest BCUT2D eigenvalue weighted by Crippen LogP contribution is -2.53. The first-order valence-electron chi connectivity index (χ1n) is 7.18. The van der Waals surface area contributed by atoms with Crippen LogP contribution in [0.5, 0.6) is 0 Å². The zero-order chi connectivity index (χ0) is 14.5. The quantitative estimate of drug-likeness (QED) is 0.725. The maximum atomic E-state index is 12.2. The van der Waals surface area contributed by atoms with Gasteiger partial charge in [-0.25, -0.2) is 0 Å². The minimum absolute atomic E-state index is 0.0380. The molecule has 0 spiro atoms. The predicted molar refractivity (Wildman–Crippen MR) is 70.7 cm³/mol. The summed E-state index contributed by atoms with van der Waals surface area (Å²) < 4.78 is 22.6. The van der Waals surface area contributed by atoms with E-state index in [-0.39, 0.29) is 30.2 Å². The SMILES string of the molecule is C[C@@H]1[C@@H](C[C@H]2COC(C)(C)O2)OC(=O)[C@@]2(C)C=CO[C@@H]12. The van der Waals surface area contributed by atoms with Crippen molar-refractivity contribution in [1.29, 1.82) is 0 Å². The fourth-order valence-corrected chi connectivity index (χ4v) is 3.32. The number of carbonyl (C=O) groups is 1. The Kier molecular flexibility index (Phi) is 3.10. The van der Waals surface area contributed by atoms with Crippen LogP contribution in [-0.2, 0) is 23.7 Å². The van der Waals surface area contributed by atoms with Gasteiger partial charge in [-0.1, -0.05) is 6.92 Å². The molecular weight excluding hydrogens is 260 g/mol. The molecule has 5 nitrogen and oxygen atoms in total. The van der Waals surface area contributed by atoms with Gasteiger partial charge in [-0.3, -0.25) is 4.79 Å². The lowest BCUT2D eigenvalue weighted by atomic mass is 9.74. The summed E-state index contributed by atoms with van der Waals surface area (Å²) in [4.78, 5) is 12.2. The topological polar surface area (TPSA) is 54.0 Å². The van der Waals surface area contributed by atoms with Crippen LogP contribution in [0, 0.1) is 11.3 Å². The van der Waals surface area contributed by atoms with Gasteiger partial charge in [0.15, 0.2) is 5.79 Å². The third-order valence-electron chi connectivity index (χ3n) is 4.56. The van der Waals surface area contributed by atoms with Gasteiger partial charge in [-0.15, -0.1) is 0 Å². The number of hydrogen-bond acceptors (Lipinski definition) is 5. The highest BCUT2D eigenvalue weighted by Crippen LogP contribution is 2.44. The maximum absolute atomic E-state index is 12.2. The fourth-order valence-electron chi connectivity index (χ4n) is 3.32. The number of carbonyl (C=O) groups excluding carboxylic acids is 1. The molecule has 3 aliphatic rings. The average Bonchev–Trinajstić information content (AvgIpc) is 2.91. The molecule has 112 valence electrons. The molecule has 5 atom stereocenters. The lowest BCUT2D eigenvalue weighted by molar-refractivity contribution is -0.189. The molecule has 0 N–H and O–H groups in total. The van der Waals surface area contributed by atoms with Crippen LogP contribution < -0.4 is 0 Å². The second-order valence-corrected chi connectivity index (χ2v) is 6.63. The third kappa shape index (κ3) is 2.13. The van der Waals surface area contributed by atoms with Gasteiger partial charge in [-0.05, 0) is 26.8 Å². The molecule has 0 aliphatic carbocycles. The van der Waals surface area contributed by atoms with Crippen molar-refractivity contribution in [1.82, 2.24) is 0 Å². The van der Waals surface area contributed by atoms with Gasteiger partial charge < -0.3 is 18.9 Å². The molecule has 20 heavy (non-hydrogen) atoms. The zero-order valence-corrected chi connectivity index (χ0v) is 12.4. The molecule has 3 heterocycles. The van der Waals surface area contributed by atoms with Crippen LogP contribution in [0.25, 0.3) is 0 Å². The smallest absolute Gasteiger partial charge is 0.319 e. The van der Waals surface area contributed by atoms with Crippen molar-refractivity contribution in [2.75, 3.05) is 6.61 Å². The Hall–Kier alpha value is -1.07. The predicted octanol–water partition coefficient (Wildman–Crippen LogP) is 2.01. The van der Waals surface area contributed by atoms with Gasteiger partial charge >= 0.3 is 5.97 Å².